The molecule has 1 atom stereocenters. The van der Waals surface area contributed by atoms with Crippen LogP contribution >= 0.6 is 0 Å². The highest BCUT2D eigenvalue weighted by Crippen LogP contribution is 2.33. The summed E-state index contributed by atoms with van der Waals surface area (Å²) >= 11 is 0. The van der Waals surface area contributed by atoms with E-state index in [4.69, 9.17) is 4.74 Å². The lowest BCUT2D eigenvalue weighted by atomic mass is 10.0. The van der Waals surface area contributed by atoms with Crippen LogP contribution < -0.4 is 10.1 Å². The van der Waals surface area contributed by atoms with Gasteiger partial charge in [-0.3, -0.25) is 0 Å². The van der Waals surface area contributed by atoms with Crippen molar-refractivity contribution < 1.29 is 18.3 Å². The van der Waals surface area contributed by atoms with Crippen LogP contribution in [0.5, 0.6) is 5.75 Å². The van der Waals surface area contributed by atoms with Crippen molar-refractivity contribution in [2.24, 2.45) is 0 Å². The fraction of sp³-hybridized carbons (Fsp3) is 0.278. The smallest absolute Gasteiger partial charge is 0.322 e. The third kappa shape index (κ3) is 3.18. The van der Waals surface area contributed by atoms with E-state index in [2.05, 4.69) is 5.32 Å². The highest BCUT2D eigenvalue weighted by Gasteiger charge is 2.30. The van der Waals surface area contributed by atoms with Gasteiger partial charge in [0, 0.05) is 6.54 Å². The summed E-state index contributed by atoms with van der Waals surface area (Å²) in [6.07, 6.45) is 1.64. The van der Waals surface area contributed by atoms with Crippen molar-refractivity contribution in [3.63, 3.8) is 0 Å². The molecule has 0 radical (unpaired) electrons. The van der Waals surface area contributed by atoms with Crippen LogP contribution in [0.1, 0.15) is 24.4 Å². The van der Waals surface area contributed by atoms with Gasteiger partial charge in [0.05, 0.1) is 13.2 Å². The summed E-state index contributed by atoms with van der Waals surface area (Å²) in [4.78, 5) is 14.1. The number of para-hydroxylation sites is 1. The summed E-state index contributed by atoms with van der Waals surface area (Å²) in [5.74, 6) is -0.840. The lowest BCUT2D eigenvalue weighted by molar-refractivity contribution is 0.207. The number of benzene rings is 2. The SMILES string of the molecule is COc1ccc(C2CCCN2C(=O)Nc2c(F)cccc2F)cc1. The molecule has 1 aliphatic rings. The second kappa shape index (κ2) is 6.86. The van der Waals surface area contributed by atoms with E-state index in [1.165, 1.54) is 6.07 Å². The van der Waals surface area contributed by atoms with Gasteiger partial charge >= 0.3 is 6.03 Å². The molecule has 1 N–H and O–H groups in total. The van der Waals surface area contributed by atoms with E-state index >= 15 is 0 Å². The average molecular weight is 332 g/mol. The number of nitrogens with one attached hydrogen (secondary N) is 1. The Labute approximate surface area is 139 Å². The molecule has 0 aliphatic carbocycles. The van der Waals surface area contributed by atoms with Gasteiger partial charge in [0.1, 0.15) is 23.1 Å². The minimum Gasteiger partial charge on any atom is -0.497 e. The third-order valence-electron chi connectivity index (χ3n) is 4.21. The van der Waals surface area contributed by atoms with Crippen LogP contribution in [-0.2, 0) is 0 Å². The maximum Gasteiger partial charge on any atom is 0.322 e. The first kappa shape index (κ1) is 16.2. The van der Waals surface area contributed by atoms with Crippen LogP contribution in [0.4, 0.5) is 19.3 Å². The summed E-state index contributed by atoms with van der Waals surface area (Å²) in [5.41, 5.74) is 0.556. The number of carbonyl (C=O) groups is 1. The van der Waals surface area contributed by atoms with E-state index in [0.29, 0.717) is 6.54 Å². The Balaban J connectivity index is 1.78. The van der Waals surface area contributed by atoms with Crippen LogP contribution in [0, 0.1) is 11.6 Å². The minimum absolute atomic E-state index is 0.120. The molecule has 1 saturated heterocycles. The van der Waals surface area contributed by atoms with E-state index in [1.54, 1.807) is 12.0 Å². The van der Waals surface area contributed by atoms with Crippen LogP contribution in [0.25, 0.3) is 0 Å². The van der Waals surface area contributed by atoms with Gasteiger partial charge < -0.3 is 15.0 Å². The third-order valence-corrected chi connectivity index (χ3v) is 4.21. The molecule has 2 amide bonds. The lowest BCUT2D eigenvalue weighted by Crippen LogP contribution is -2.35. The van der Waals surface area contributed by atoms with Gasteiger partial charge in [0.15, 0.2) is 0 Å². The molecule has 1 fully saturated rings. The van der Waals surface area contributed by atoms with Crippen LogP contribution in [0.2, 0.25) is 0 Å². The number of hydrogen-bond acceptors (Lipinski definition) is 2. The Kier molecular flexibility index (Phi) is 4.64. The zero-order valence-corrected chi connectivity index (χ0v) is 13.3. The molecule has 1 heterocycles. The number of methoxy groups -OCH3 is 1. The van der Waals surface area contributed by atoms with Gasteiger partial charge in [-0.15, -0.1) is 0 Å². The van der Waals surface area contributed by atoms with Gasteiger partial charge in [0.2, 0.25) is 0 Å². The number of halogens is 2. The molecule has 1 aliphatic heterocycles. The number of rotatable bonds is 3. The van der Waals surface area contributed by atoms with E-state index in [0.717, 1.165) is 36.3 Å². The molecule has 3 rings (SSSR count). The highest BCUT2D eigenvalue weighted by molar-refractivity contribution is 5.90. The van der Waals surface area contributed by atoms with E-state index in [-0.39, 0.29) is 6.04 Å². The molecule has 0 saturated carbocycles. The first-order valence-corrected chi connectivity index (χ1v) is 7.75. The number of likely N-dealkylation sites (tertiary alicyclic amines) is 1. The van der Waals surface area contributed by atoms with Crippen molar-refractivity contribution >= 4 is 11.7 Å². The Morgan fingerprint density at radius 3 is 2.46 bits per heavy atom. The van der Waals surface area contributed by atoms with E-state index in [9.17, 15) is 13.6 Å². The normalized spacial score (nSPS) is 17.0. The topological polar surface area (TPSA) is 41.6 Å². The molecule has 2 aromatic rings. The van der Waals surface area contributed by atoms with E-state index < -0.39 is 23.4 Å². The molecule has 0 aromatic heterocycles. The van der Waals surface area contributed by atoms with Crippen LogP contribution in [0.3, 0.4) is 0 Å². The Bertz CT molecular complexity index is 714. The first-order chi connectivity index (χ1) is 11.6. The van der Waals surface area contributed by atoms with Gasteiger partial charge in [-0.25, -0.2) is 13.6 Å². The van der Waals surface area contributed by atoms with Crippen molar-refractivity contribution in [3.05, 3.63) is 59.7 Å². The van der Waals surface area contributed by atoms with Gasteiger partial charge in [-0.05, 0) is 42.7 Å². The monoisotopic (exact) mass is 332 g/mol. The van der Waals surface area contributed by atoms with Crippen LogP contribution in [0.15, 0.2) is 42.5 Å². The Morgan fingerprint density at radius 2 is 1.83 bits per heavy atom. The number of anilines is 1. The van der Waals surface area contributed by atoms with Crippen molar-refractivity contribution in [2.45, 2.75) is 18.9 Å². The summed E-state index contributed by atoms with van der Waals surface area (Å²) < 4.78 is 32.6. The maximum atomic E-state index is 13.7. The van der Waals surface area contributed by atoms with E-state index in [1.807, 2.05) is 24.3 Å². The fourth-order valence-electron chi connectivity index (χ4n) is 2.98. The fourth-order valence-corrected chi connectivity index (χ4v) is 2.98. The number of urea groups is 1. The summed E-state index contributed by atoms with van der Waals surface area (Å²) in [6.45, 7) is 0.540. The molecule has 0 spiro atoms. The highest BCUT2D eigenvalue weighted by atomic mass is 19.1. The second-order valence-corrected chi connectivity index (χ2v) is 5.65. The molecule has 1 unspecified atom stereocenters. The molecule has 126 valence electrons. The van der Waals surface area contributed by atoms with Gasteiger partial charge in [-0.1, -0.05) is 18.2 Å². The zero-order chi connectivity index (χ0) is 17.1. The first-order valence-electron chi connectivity index (χ1n) is 7.75. The average Bonchev–Trinajstić information content (AvgIpc) is 3.08. The number of nitrogens with zero attached hydrogens (tertiary/aromatic N) is 1. The zero-order valence-electron chi connectivity index (χ0n) is 13.3. The largest absolute Gasteiger partial charge is 0.497 e. The molecule has 24 heavy (non-hydrogen) atoms. The predicted molar refractivity (Wildman–Crippen MR) is 87.1 cm³/mol. The van der Waals surface area contributed by atoms with Crippen molar-refractivity contribution in [3.8, 4) is 5.75 Å². The van der Waals surface area contributed by atoms with Crippen molar-refractivity contribution in [1.29, 1.82) is 0 Å². The number of carbonyl (C=O) groups excluding carboxylic acids is 1. The van der Waals surface area contributed by atoms with Gasteiger partial charge in [-0.2, -0.15) is 0 Å². The van der Waals surface area contributed by atoms with Crippen molar-refractivity contribution in [2.75, 3.05) is 19.0 Å². The summed E-state index contributed by atoms with van der Waals surface area (Å²) in [7, 11) is 1.59. The minimum atomic E-state index is -0.788. The molecule has 0 bridgehead atoms. The second-order valence-electron chi connectivity index (χ2n) is 5.65. The summed E-state index contributed by atoms with van der Waals surface area (Å²) in [6, 6.07) is 10.3. The number of hydrogen-bond donors (Lipinski definition) is 1. The predicted octanol–water partition coefficient (Wildman–Crippen LogP) is 4.34. The number of ether oxygens (including phenoxy) is 1. The summed E-state index contributed by atoms with van der Waals surface area (Å²) in [5, 5.41) is 2.36. The molecule has 6 heteroatoms. The maximum absolute atomic E-state index is 13.7. The van der Waals surface area contributed by atoms with Gasteiger partial charge in [0.25, 0.3) is 0 Å². The lowest BCUT2D eigenvalue weighted by Gasteiger charge is -2.25. The standard InChI is InChI=1S/C18H18F2N2O2/c1-24-13-9-7-12(8-10-13)16-6-3-11-22(16)18(23)21-17-14(19)4-2-5-15(17)20/h2,4-5,7-10,16H,3,6,11H2,1H3,(H,21,23). The van der Waals surface area contributed by atoms with Crippen molar-refractivity contribution in [1.82, 2.24) is 4.90 Å². The Morgan fingerprint density at radius 1 is 1.17 bits per heavy atom. The van der Waals surface area contributed by atoms with Crippen LogP contribution in [-0.4, -0.2) is 24.6 Å². The number of amides is 2. The quantitative estimate of drug-likeness (QED) is 0.908. The Hall–Kier alpha value is -2.63. The molecular formula is C18H18F2N2O2. The molecule has 2 aromatic carbocycles. The molecule has 4 nitrogen and oxygen atoms in total. The molecular weight excluding hydrogens is 314 g/mol.